The lowest BCUT2D eigenvalue weighted by molar-refractivity contribution is 0.0936. The molecule has 0 saturated heterocycles. The van der Waals surface area contributed by atoms with Crippen molar-refractivity contribution < 1.29 is 9.18 Å². The first kappa shape index (κ1) is 16.5. The van der Waals surface area contributed by atoms with Crippen molar-refractivity contribution in [3.8, 4) is 0 Å². The van der Waals surface area contributed by atoms with E-state index in [1.54, 1.807) is 0 Å². The number of halogens is 1. The average molecular weight is 345 g/mol. The average Bonchev–Trinajstić information content (AvgIpc) is 3.02. The highest BCUT2D eigenvalue weighted by atomic mass is 19.1. The van der Waals surface area contributed by atoms with E-state index in [2.05, 4.69) is 17.4 Å². The second-order valence-electron chi connectivity index (χ2n) is 6.78. The minimum absolute atomic E-state index is 0.00403. The van der Waals surface area contributed by atoms with Crippen LogP contribution >= 0.6 is 0 Å². The van der Waals surface area contributed by atoms with Gasteiger partial charge in [0.2, 0.25) is 0 Å². The quantitative estimate of drug-likeness (QED) is 0.706. The van der Waals surface area contributed by atoms with Crippen LogP contribution in [0.1, 0.15) is 45.4 Å². The van der Waals surface area contributed by atoms with Gasteiger partial charge in [-0.1, -0.05) is 54.6 Å². The molecule has 0 aliphatic heterocycles. The fourth-order valence-corrected chi connectivity index (χ4v) is 3.80. The fraction of sp³-hybridized carbons (Fsp3) is 0.174. The standard InChI is InChI=1S/C23H20FNO/c24-19-12-10-16(11-13-19)14-18-15-22(21-9-5-4-8-20(18)21)25-23(26)17-6-2-1-3-7-17/h1-13,18,22H,14-15H2,(H,25,26)/t18-,22-/m1/s1. The van der Waals surface area contributed by atoms with Gasteiger partial charge in [0, 0.05) is 5.56 Å². The summed E-state index contributed by atoms with van der Waals surface area (Å²) < 4.78 is 13.2. The second-order valence-corrected chi connectivity index (χ2v) is 6.78. The summed E-state index contributed by atoms with van der Waals surface area (Å²) in [6.45, 7) is 0. The van der Waals surface area contributed by atoms with Crippen LogP contribution in [0.25, 0.3) is 0 Å². The van der Waals surface area contributed by atoms with E-state index >= 15 is 0 Å². The fourth-order valence-electron chi connectivity index (χ4n) is 3.80. The van der Waals surface area contributed by atoms with Crippen LogP contribution in [0.4, 0.5) is 4.39 Å². The monoisotopic (exact) mass is 345 g/mol. The van der Waals surface area contributed by atoms with E-state index < -0.39 is 0 Å². The summed E-state index contributed by atoms with van der Waals surface area (Å²) in [6.07, 6.45) is 1.70. The first-order valence-electron chi connectivity index (χ1n) is 8.90. The number of hydrogen-bond donors (Lipinski definition) is 1. The smallest absolute Gasteiger partial charge is 0.251 e. The van der Waals surface area contributed by atoms with Gasteiger partial charge in [0.1, 0.15) is 5.82 Å². The minimum Gasteiger partial charge on any atom is -0.345 e. The molecular weight excluding hydrogens is 325 g/mol. The summed E-state index contributed by atoms with van der Waals surface area (Å²) in [5.74, 6) is 0.0548. The molecule has 1 aliphatic carbocycles. The number of carbonyl (C=O) groups excluding carboxylic acids is 1. The Hall–Kier alpha value is -2.94. The van der Waals surface area contributed by atoms with Gasteiger partial charge in [-0.2, -0.15) is 0 Å². The van der Waals surface area contributed by atoms with E-state index in [-0.39, 0.29) is 17.8 Å². The predicted molar refractivity (Wildman–Crippen MR) is 101 cm³/mol. The van der Waals surface area contributed by atoms with E-state index in [9.17, 15) is 9.18 Å². The minimum atomic E-state index is -0.214. The highest BCUT2D eigenvalue weighted by Crippen LogP contribution is 2.42. The number of fused-ring (bicyclic) bond motifs is 1. The van der Waals surface area contributed by atoms with Crippen LogP contribution in [0.15, 0.2) is 78.9 Å². The molecule has 0 radical (unpaired) electrons. The van der Waals surface area contributed by atoms with E-state index in [0.29, 0.717) is 11.5 Å². The molecule has 1 amide bonds. The maximum Gasteiger partial charge on any atom is 0.251 e. The maximum atomic E-state index is 13.2. The third-order valence-corrected chi connectivity index (χ3v) is 5.07. The van der Waals surface area contributed by atoms with Crippen molar-refractivity contribution in [2.45, 2.75) is 24.8 Å². The number of amides is 1. The highest BCUT2D eigenvalue weighted by Gasteiger charge is 2.31. The third kappa shape index (κ3) is 3.38. The van der Waals surface area contributed by atoms with Crippen molar-refractivity contribution in [1.82, 2.24) is 5.32 Å². The Morgan fingerprint density at radius 2 is 1.54 bits per heavy atom. The number of benzene rings is 3. The second kappa shape index (κ2) is 7.12. The van der Waals surface area contributed by atoms with Gasteiger partial charge >= 0.3 is 0 Å². The number of carbonyl (C=O) groups is 1. The molecule has 26 heavy (non-hydrogen) atoms. The van der Waals surface area contributed by atoms with Crippen LogP contribution in [0.2, 0.25) is 0 Å². The number of nitrogens with one attached hydrogen (secondary N) is 1. The van der Waals surface area contributed by atoms with Crippen LogP contribution in [0.3, 0.4) is 0 Å². The topological polar surface area (TPSA) is 29.1 Å². The molecule has 0 spiro atoms. The summed E-state index contributed by atoms with van der Waals surface area (Å²) in [7, 11) is 0. The zero-order valence-electron chi connectivity index (χ0n) is 14.4. The van der Waals surface area contributed by atoms with E-state index in [1.165, 1.54) is 23.3 Å². The third-order valence-electron chi connectivity index (χ3n) is 5.07. The molecule has 3 aromatic carbocycles. The van der Waals surface area contributed by atoms with Gasteiger partial charge in [0.25, 0.3) is 5.91 Å². The van der Waals surface area contributed by atoms with E-state index in [1.807, 2.05) is 54.6 Å². The van der Waals surface area contributed by atoms with Gasteiger partial charge in [-0.3, -0.25) is 4.79 Å². The molecule has 2 atom stereocenters. The Bertz CT molecular complexity index is 905. The molecule has 0 heterocycles. The zero-order valence-corrected chi connectivity index (χ0v) is 14.4. The van der Waals surface area contributed by atoms with Crippen LogP contribution in [0, 0.1) is 5.82 Å². The molecule has 0 unspecified atom stereocenters. The molecule has 4 rings (SSSR count). The van der Waals surface area contributed by atoms with Crippen molar-refractivity contribution in [3.05, 3.63) is 107 Å². The molecular formula is C23H20FNO. The summed E-state index contributed by atoms with van der Waals surface area (Å²) >= 11 is 0. The van der Waals surface area contributed by atoms with Gasteiger partial charge in [0.05, 0.1) is 6.04 Å². The summed E-state index contributed by atoms with van der Waals surface area (Å²) in [4.78, 5) is 12.6. The van der Waals surface area contributed by atoms with E-state index in [4.69, 9.17) is 0 Å². The lowest BCUT2D eigenvalue weighted by Crippen LogP contribution is -2.27. The SMILES string of the molecule is O=C(N[C@@H]1C[C@@H](Cc2ccc(F)cc2)c2ccccc21)c1ccccc1. The Morgan fingerprint density at radius 1 is 0.885 bits per heavy atom. The molecule has 0 aromatic heterocycles. The Balaban J connectivity index is 1.54. The van der Waals surface area contributed by atoms with Gasteiger partial charge in [0.15, 0.2) is 0 Å². The van der Waals surface area contributed by atoms with Crippen LogP contribution in [-0.2, 0) is 6.42 Å². The summed E-state index contributed by atoms with van der Waals surface area (Å²) in [5.41, 5.74) is 4.24. The maximum absolute atomic E-state index is 13.2. The van der Waals surface area contributed by atoms with Crippen molar-refractivity contribution in [1.29, 1.82) is 0 Å². The molecule has 0 saturated carbocycles. The zero-order chi connectivity index (χ0) is 17.9. The first-order chi connectivity index (χ1) is 12.7. The van der Waals surface area contributed by atoms with E-state index in [0.717, 1.165) is 18.4 Å². The molecule has 0 bridgehead atoms. The highest BCUT2D eigenvalue weighted by molar-refractivity contribution is 5.94. The first-order valence-corrected chi connectivity index (χ1v) is 8.90. The van der Waals surface area contributed by atoms with Gasteiger partial charge in [-0.15, -0.1) is 0 Å². The van der Waals surface area contributed by atoms with Crippen molar-refractivity contribution in [2.24, 2.45) is 0 Å². The molecule has 0 fully saturated rings. The molecule has 1 aliphatic rings. The normalized spacial score (nSPS) is 18.3. The summed E-state index contributed by atoms with van der Waals surface area (Å²) in [6, 6.07) is 24.3. The van der Waals surface area contributed by atoms with Crippen molar-refractivity contribution >= 4 is 5.91 Å². The Kier molecular flexibility index (Phi) is 4.53. The summed E-state index contributed by atoms with van der Waals surface area (Å²) in [5, 5.41) is 3.18. The van der Waals surface area contributed by atoms with Crippen LogP contribution < -0.4 is 5.32 Å². The predicted octanol–water partition coefficient (Wildman–Crippen LogP) is 5.03. The number of hydrogen-bond acceptors (Lipinski definition) is 1. The molecule has 1 N–H and O–H groups in total. The molecule has 2 nitrogen and oxygen atoms in total. The Labute approximate surface area is 152 Å². The molecule has 3 heteroatoms. The van der Waals surface area contributed by atoms with Crippen LogP contribution in [-0.4, -0.2) is 5.91 Å². The van der Waals surface area contributed by atoms with Crippen molar-refractivity contribution in [3.63, 3.8) is 0 Å². The van der Waals surface area contributed by atoms with Gasteiger partial charge < -0.3 is 5.32 Å². The van der Waals surface area contributed by atoms with Crippen LogP contribution in [0.5, 0.6) is 0 Å². The molecule has 130 valence electrons. The largest absolute Gasteiger partial charge is 0.345 e. The number of rotatable bonds is 4. The van der Waals surface area contributed by atoms with Gasteiger partial charge in [-0.05, 0) is 59.7 Å². The lowest BCUT2D eigenvalue weighted by atomic mass is 9.93. The molecule has 3 aromatic rings. The lowest BCUT2D eigenvalue weighted by Gasteiger charge is -2.15. The van der Waals surface area contributed by atoms with Crippen molar-refractivity contribution in [2.75, 3.05) is 0 Å². The Morgan fingerprint density at radius 3 is 2.27 bits per heavy atom. The van der Waals surface area contributed by atoms with Gasteiger partial charge in [-0.25, -0.2) is 4.39 Å².